The maximum Gasteiger partial charge on any atom is 0.416 e. The summed E-state index contributed by atoms with van der Waals surface area (Å²) in [5, 5.41) is 7.34. The number of carbonyl (C=O) groups is 3. The van der Waals surface area contributed by atoms with Gasteiger partial charge in [-0.3, -0.25) is 14.5 Å². The molecule has 1 aromatic heterocycles. The van der Waals surface area contributed by atoms with Crippen molar-refractivity contribution in [2.45, 2.75) is 38.9 Å². The highest BCUT2D eigenvalue weighted by molar-refractivity contribution is 6.05. The molecule has 2 amide bonds. The van der Waals surface area contributed by atoms with Crippen molar-refractivity contribution < 1.29 is 36.7 Å². The Bertz CT molecular complexity index is 1740. The van der Waals surface area contributed by atoms with Crippen LogP contribution in [0.15, 0.2) is 72.8 Å². The zero-order chi connectivity index (χ0) is 31.8. The second kappa shape index (κ2) is 11.9. The summed E-state index contributed by atoms with van der Waals surface area (Å²) in [6.07, 6.45) is -4.69. The minimum absolute atomic E-state index is 0.00134. The van der Waals surface area contributed by atoms with Crippen molar-refractivity contribution in [1.82, 2.24) is 15.1 Å². The maximum absolute atomic E-state index is 14.8. The van der Waals surface area contributed by atoms with Crippen LogP contribution >= 0.6 is 0 Å². The van der Waals surface area contributed by atoms with E-state index in [1.807, 2.05) is 6.07 Å². The number of alkyl halides is 3. The van der Waals surface area contributed by atoms with E-state index >= 15 is 0 Å². The Morgan fingerprint density at radius 1 is 1.00 bits per heavy atom. The van der Waals surface area contributed by atoms with Gasteiger partial charge in [0.15, 0.2) is 0 Å². The van der Waals surface area contributed by atoms with Gasteiger partial charge in [-0.1, -0.05) is 30.3 Å². The molecule has 0 spiro atoms. The fourth-order valence-corrected chi connectivity index (χ4v) is 5.45. The normalized spacial score (nSPS) is 16.4. The van der Waals surface area contributed by atoms with Gasteiger partial charge >= 0.3 is 12.1 Å². The fourth-order valence-electron chi connectivity index (χ4n) is 5.45. The van der Waals surface area contributed by atoms with E-state index < -0.39 is 47.3 Å². The monoisotopic (exact) mass is 608 g/mol. The second-order valence-electron chi connectivity index (χ2n) is 10.1. The lowest BCUT2D eigenvalue weighted by molar-refractivity contribution is -0.137. The molecule has 2 atom stereocenters. The molecular weight excluding hydrogens is 580 g/mol. The predicted molar refractivity (Wildman–Crippen MR) is 153 cm³/mol. The lowest BCUT2D eigenvalue weighted by Crippen LogP contribution is -2.55. The van der Waals surface area contributed by atoms with E-state index in [2.05, 4.69) is 5.32 Å². The molecule has 0 bridgehead atoms. The van der Waals surface area contributed by atoms with Crippen LogP contribution in [-0.4, -0.2) is 46.8 Å². The lowest BCUT2D eigenvalue weighted by Gasteiger charge is -2.38. The molecule has 228 valence electrons. The number of fused-ring (bicyclic) bond motifs is 1. The summed E-state index contributed by atoms with van der Waals surface area (Å²) in [5.41, 5.74) is 0.262. The molecule has 1 aliphatic heterocycles. The van der Waals surface area contributed by atoms with Crippen LogP contribution in [0.4, 0.5) is 23.4 Å². The minimum Gasteiger partial charge on any atom is -0.462 e. The van der Waals surface area contributed by atoms with Crippen molar-refractivity contribution in [2.75, 3.05) is 18.1 Å². The maximum atomic E-state index is 14.8. The van der Waals surface area contributed by atoms with Gasteiger partial charge in [-0.2, -0.15) is 18.3 Å². The van der Waals surface area contributed by atoms with Crippen molar-refractivity contribution in [1.29, 1.82) is 0 Å². The topological polar surface area (TPSA) is 93.5 Å². The number of nitrogens with one attached hydrogen (secondary N) is 1. The summed E-state index contributed by atoms with van der Waals surface area (Å²) < 4.78 is 61.6. The average molecular weight is 609 g/mol. The Labute approximate surface area is 250 Å². The molecular formula is C32H28F4N4O4. The number of aromatic nitrogens is 2. The largest absolute Gasteiger partial charge is 0.462 e. The van der Waals surface area contributed by atoms with Crippen molar-refractivity contribution in [3.05, 3.63) is 112 Å². The minimum atomic E-state index is -4.69. The van der Waals surface area contributed by atoms with Crippen LogP contribution in [0.25, 0.3) is 5.69 Å². The van der Waals surface area contributed by atoms with Gasteiger partial charge in [-0.05, 0) is 68.8 Å². The number of esters is 1. The molecule has 0 saturated heterocycles. The first kappa shape index (κ1) is 30.5. The van der Waals surface area contributed by atoms with Crippen LogP contribution in [0.3, 0.4) is 0 Å². The van der Waals surface area contributed by atoms with E-state index in [1.165, 1.54) is 23.1 Å². The first-order valence-electron chi connectivity index (χ1n) is 13.9. The van der Waals surface area contributed by atoms with Gasteiger partial charge in [-0.15, -0.1) is 0 Å². The molecule has 1 N–H and O–H groups in total. The van der Waals surface area contributed by atoms with Crippen molar-refractivity contribution in [2.24, 2.45) is 0 Å². The molecule has 44 heavy (non-hydrogen) atoms. The van der Waals surface area contributed by atoms with Crippen LogP contribution in [0, 0.1) is 12.7 Å². The number of aryl methyl sites for hydroxylation is 1. The number of rotatable bonds is 7. The second-order valence-corrected chi connectivity index (χ2v) is 10.1. The number of benzene rings is 3. The van der Waals surface area contributed by atoms with Gasteiger partial charge in [0.2, 0.25) is 0 Å². The summed E-state index contributed by atoms with van der Waals surface area (Å²) in [5.74, 6) is -3.82. The molecule has 2 unspecified atom stereocenters. The number of anilines is 1. The Kier molecular flexibility index (Phi) is 8.27. The van der Waals surface area contributed by atoms with Crippen molar-refractivity contribution in [3.63, 3.8) is 0 Å². The zero-order valence-electron chi connectivity index (χ0n) is 24.0. The highest BCUT2D eigenvalue weighted by atomic mass is 19.4. The summed E-state index contributed by atoms with van der Waals surface area (Å²) >= 11 is 0. The Balaban J connectivity index is 1.70. The van der Waals surface area contributed by atoms with E-state index in [0.717, 1.165) is 18.2 Å². The van der Waals surface area contributed by atoms with E-state index in [9.17, 15) is 31.9 Å². The number of halogens is 4. The van der Waals surface area contributed by atoms with Gasteiger partial charge in [-0.25, -0.2) is 13.9 Å². The first-order chi connectivity index (χ1) is 21.0. The number of para-hydroxylation sites is 1. The molecule has 2 heterocycles. The van der Waals surface area contributed by atoms with Crippen LogP contribution in [0.2, 0.25) is 0 Å². The third-order valence-electron chi connectivity index (χ3n) is 7.41. The third kappa shape index (κ3) is 5.54. The van der Waals surface area contributed by atoms with E-state index in [4.69, 9.17) is 9.84 Å². The van der Waals surface area contributed by atoms with Gasteiger partial charge < -0.3 is 10.1 Å². The van der Waals surface area contributed by atoms with Crippen LogP contribution in [-0.2, 0) is 15.7 Å². The first-order valence-corrected chi connectivity index (χ1v) is 13.9. The highest BCUT2D eigenvalue weighted by Crippen LogP contribution is 2.44. The number of nitrogens with zero attached hydrogens (tertiary/aromatic N) is 3. The van der Waals surface area contributed by atoms with Gasteiger partial charge in [0.1, 0.15) is 17.7 Å². The molecule has 0 radical (unpaired) electrons. The van der Waals surface area contributed by atoms with Gasteiger partial charge in [0.25, 0.3) is 11.8 Å². The van der Waals surface area contributed by atoms with Gasteiger partial charge in [0, 0.05) is 23.6 Å². The third-order valence-corrected chi connectivity index (χ3v) is 7.41. The van der Waals surface area contributed by atoms with Crippen LogP contribution in [0.1, 0.15) is 62.9 Å². The highest BCUT2D eigenvalue weighted by Gasteiger charge is 2.46. The molecule has 4 aromatic rings. The number of amides is 2. The van der Waals surface area contributed by atoms with E-state index in [1.54, 1.807) is 49.7 Å². The lowest BCUT2D eigenvalue weighted by atomic mass is 9.80. The number of carbonyl (C=O) groups excluding carboxylic acids is 3. The Morgan fingerprint density at radius 2 is 1.73 bits per heavy atom. The average Bonchev–Trinajstić information content (AvgIpc) is 3.34. The number of hydrogen-bond donors (Lipinski definition) is 1. The molecule has 0 aliphatic carbocycles. The summed E-state index contributed by atoms with van der Waals surface area (Å²) in [6, 6.07) is 15.3. The molecule has 0 fully saturated rings. The smallest absolute Gasteiger partial charge is 0.416 e. The summed E-state index contributed by atoms with van der Waals surface area (Å²) in [4.78, 5) is 41.7. The molecule has 12 heteroatoms. The zero-order valence-corrected chi connectivity index (χ0v) is 24.0. The fraction of sp³-hybridized carbons (Fsp3) is 0.250. The molecule has 1 aliphatic rings. The molecule has 8 nitrogen and oxygen atoms in total. The van der Waals surface area contributed by atoms with E-state index in [0.29, 0.717) is 34.4 Å². The van der Waals surface area contributed by atoms with E-state index in [-0.39, 0.29) is 24.3 Å². The standard InChI is InChI=1S/C32H28F4N4O4/c1-4-39-29-25(18(3)38-40(29)22-12-7-6-8-13-22)26(19-14-15-24(33)23(17-19)31(43)44-5-2)27(30(39)42)37-28(41)20-10-9-11-21(16-20)32(34,35)36/h6-17,26-27H,4-5H2,1-3H3,(H,37,41). The summed E-state index contributed by atoms with van der Waals surface area (Å²) in [6.45, 7) is 5.20. The van der Waals surface area contributed by atoms with Crippen LogP contribution in [0.5, 0.6) is 0 Å². The summed E-state index contributed by atoms with van der Waals surface area (Å²) in [7, 11) is 0. The van der Waals surface area contributed by atoms with Gasteiger partial charge in [0.05, 0.1) is 29.1 Å². The van der Waals surface area contributed by atoms with Crippen molar-refractivity contribution >= 4 is 23.6 Å². The SMILES string of the molecule is CCOC(=O)c1cc(C2c3c(C)nn(-c4ccccc4)c3N(CC)C(=O)C2NC(=O)c2cccc(C(F)(F)F)c2)ccc1F. The Hall–Kier alpha value is -5.00. The quantitative estimate of drug-likeness (QED) is 0.211. The molecule has 5 rings (SSSR count). The predicted octanol–water partition coefficient (Wildman–Crippen LogP) is 5.81. The number of ether oxygens (including phenoxy) is 1. The van der Waals surface area contributed by atoms with Crippen molar-refractivity contribution in [3.8, 4) is 5.69 Å². The Morgan fingerprint density at radius 3 is 2.39 bits per heavy atom. The molecule has 0 saturated carbocycles. The number of likely N-dealkylation sites (N-methyl/N-ethyl adjacent to an activating group) is 1. The number of hydrogen-bond acceptors (Lipinski definition) is 5. The van der Waals surface area contributed by atoms with Crippen LogP contribution < -0.4 is 10.2 Å². The molecule has 3 aromatic carbocycles.